The standard InChI is InChI=1S/C23H30N2O10/c1-15(24-18(26)4-5-19(24)27)12-32-10-11-34-22(30)8-9-23(31)35-17(3)14-33-13-16(2)25-20(28)6-7-21(25)29/h4-7,15-17H,8-14H2,1-3H3. The third kappa shape index (κ3) is 8.72. The van der Waals surface area contributed by atoms with Crippen LogP contribution < -0.4 is 0 Å². The Morgan fingerprint density at radius 2 is 1.14 bits per heavy atom. The Labute approximate surface area is 202 Å². The monoisotopic (exact) mass is 494 g/mol. The highest BCUT2D eigenvalue weighted by Crippen LogP contribution is 2.10. The quantitative estimate of drug-likeness (QED) is 0.172. The van der Waals surface area contributed by atoms with Crippen LogP contribution in [0.3, 0.4) is 0 Å². The number of hydrogen-bond acceptors (Lipinski definition) is 10. The van der Waals surface area contributed by atoms with Crippen LogP contribution in [0, 0.1) is 0 Å². The van der Waals surface area contributed by atoms with Crippen LogP contribution in [-0.2, 0) is 47.7 Å². The van der Waals surface area contributed by atoms with Crippen LogP contribution in [0.25, 0.3) is 0 Å². The van der Waals surface area contributed by atoms with Crippen LogP contribution in [0.4, 0.5) is 0 Å². The summed E-state index contributed by atoms with van der Waals surface area (Å²) in [7, 11) is 0. The molecule has 0 spiro atoms. The van der Waals surface area contributed by atoms with Gasteiger partial charge in [-0.05, 0) is 20.8 Å². The van der Waals surface area contributed by atoms with Gasteiger partial charge in [0.2, 0.25) is 0 Å². The Bertz CT molecular complexity index is 861. The van der Waals surface area contributed by atoms with Gasteiger partial charge in [0.05, 0.1) is 51.4 Å². The fourth-order valence-electron chi connectivity index (χ4n) is 3.31. The van der Waals surface area contributed by atoms with Crippen molar-refractivity contribution in [2.75, 3.05) is 33.0 Å². The van der Waals surface area contributed by atoms with E-state index in [-0.39, 0.29) is 45.9 Å². The second kappa shape index (κ2) is 13.5. The van der Waals surface area contributed by atoms with E-state index in [1.165, 1.54) is 24.3 Å². The summed E-state index contributed by atoms with van der Waals surface area (Å²) in [5.74, 6) is -2.78. The van der Waals surface area contributed by atoms with E-state index in [0.717, 1.165) is 9.80 Å². The van der Waals surface area contributed by atoms with E-state index in [1.807, 2.05) is 0 Å². The average Bonchev–Trinajstić information content (AvgIpc) is 3.31. The van der Waals surface area contributed by atoms with Crippen molar-refractivity contribution in [2.45, 2.75) is 51.8 Å². The Balaban J connectivity index is 1.50. The van der Waals surface area contributed by atoms with Crippen molar-refractivity contribution in [1.82, 2.24) is 9.80 Å². The molecular weight excluding hydrogens is 464 g/mol. The lowest BCUT2D eigenvalue weighted by Gasteiger charge is -2.23. The smallest absolute Gasteiger partial charge is 0.306 e. The fraction of sp³-hybridized carbons (Fsp3) is 0.565. The van der Waals surface area contributed by atoms with Crippen molar-refractivity contribution in [3.05, 3.63) is 24.3 Å². The molecule has 0 saturated carbocycles. The molecule has 0 N–H and O–H groups in total. The first-order chi connectivity index (χ1) is 16.6. The lowest BCUT2D eigenvalue weighted by molar-refractivity contribution is -0.156. The lowest BCUT2D eigenvalue weighted by atomic mass is 10.3. The first-order valence-corrected chi connectivity index (χ1v) is 11.2. The SMILES string of the molecule is CC(COCC(C)N1C(=O)C=CC1=O)OC(=O)CCC(=O)OCCOCC(C)N1C(=O)C=CC1=O. The van der Waals surface area contributed by atoms with Gasteiger partial charge in [0.15, 0.2) is 0 Å². The third-order valence-electron chi connectivity index (χ3n) is 5.00. The highest BCUT2D eigenvalue weighted by Gasteiger charge is 2.29. The van der Waals surface area contributed by atoms with Crippen LogP contribution >= 0.6 is 0 Å². The van der Waals surface area contributed by atoms with Gasteiger partial charge in [0.1, 0.15) is 12.7 Å². The Morgan fingerprint density at radius 1 is 0.686 bits per heavy atom. The van der Waals surface area contributed by atoms with Gasteiger partial charge in [-0.15, -0.1) is 0 Å². The van der Waals surface area contributed by atoms with Gasteiger partial charge < -0.3 is 18.9 Å². The van der Waals surface area contributed by atoms with Crippen molar-refractivity contribution in [1.29, 1.82) is 0 Å². The highest BCUT2D eigenvalue weighted by molar-refractivity contribution is 6.13. The molecular formula is C23H30N2O10. The Kier molecular flexibility index (Phi) is 10.7. The third-order valence-corrected chi connectivity index (χ3v) is 5.00. The second-order valence-electron chi connectivity index (χ2n) is 8.09. The number of amides is 4. The van der Waals surface area contributed by atoms with E-state index in [2.05, 4.69) is 0 Å². The van der Waals surface area contributed by atoms with E-state index < -0.39 is 53.8 Å². The number of rotatable bonds is 15. The molecule has 0 bridgehead atoms. The first-order valence-electron chi connectivity index (χ1n) is 11.2. The van der Waals surface area contributed by atoms with Gasteiger partial charge in [0.25, 0.3) is 23.6 Å². The molecule has 2 rings (SSSR count). The molecule has 12 heteroatoms. The molecule has 35 heavy (non-hydrogen) atoms. The normalized spacial score (nSPS) is 17.8. The summed E-state index contributed by atoms with van der Waals surface area (Å²) in [5, 5.41) is 0. The van der Waals surface area contributed by atoms with E-state index in [0.29, 0.717) is 0 Å². The Morgan fingerprint density at radius 3 is 1.66 bits per heavy atom. The van der Waals surface area contributed by atoms with Crippen LogP contribution in [0.5, 0.6) is 0 Å². The van der Waals surface area contributed by atoms with Crippen molar-refractivity contribution >= 4 is 35.6 Å². The molecule has 3 atom stereocenters. The van der Waals surface area contributed by atoms with Crippen molar-refractivity contribution in [3.63, 3.8) is 0 Å². The number of imide groups is 2. The van der Waals surface area contributed by atoms with Crippen molar-refractivity contribution < 1.29 is 47.7 Å². The van der Waals surface area contributed by atoms with Gasteiger partial charge in [0, 0.05) is 24.3 Å². The number of carbonyl (C=O) groups excluding carboxylic acids is 6. The summed E-state index contributed by atoms with van der Waals surface area (Å²) in [6, 6.07) is -0.913. The topological polar surface area (TPSA) is 146 Å². The molecule has 0 aromatic heterocycles. The summed E-state index contributed by atoms with van der Waals surface area (Å²) >= 11 is 0. The zero-order chi connectivity index (χ0) is 26.0. The summed E-state index contributed by atoms with van der Waals surface area (Å²) in [4.78, 5) is 72.2. The minimum atomic E-state index is -0.598. The maximum absolute atomic E-state index is 11.9. The lowest BCUT2D eigenvalue weighted by Crippen LogP contribution is -2.41. The molecule has 0 saturated heterocycles. The number of carbonyl (C=O) groups is 6. The van der Waals surface area contributed by atoms with Crippen LogP contribution in [0.1, 0.15) is 33.6 Å². The van der Waals surface area contributed by atoms with Gasteiger partial charge in [-0.1, -0.05) is 0 Å². The molecule has 192 valence electrons. The number of nitrogens with zero attached hydrogens (tertiary/aromatic N) is 2. The predicted octanol–water partition coefficient (Wildman–Crippen LogP) is -0.0983. The van der Waals surface area contributed by atoms with Crippen molar-refractivity contribution in [2.24, 2.45) is 0 Å². The number of hydrogen-bond donors (Lipinski definition) is 0. The zero-order valence-corrected chi connectivity index (χ0v) is 20.0. The molecule has 0 aromatic carbocycles. The zero-order valence-electron chi connectivity index (χ0n) is 20.0. The van der Waals surface area contributed by atoms with Gasteiger partial charge in [-0.25, -0.2) is 0 Å². The van der Waals surface area contributed by atoms with Crippen LogP contribution in [-0.4, -0.2) is 96.6 Å². The summed E-state index contributed by atoms with van der Waals surface area (Å²) < 4.78 is 20.9. The maximum atomic E-state index is 11.9. The van der Waals surface area contributed by atoms with Crippen LogP contribution in [0.2, 0.25) is 0 Å². The van der Waals surface area contributed by atoms with E-state index in [1.54, 1.807) is 20.8 Å². The fourth-order valence-corrected chi connectivity index (χ4v) is 3.31. The van der Waals surface area contributed by atoms with Gasteiger partial charge >= 0.3 is 11.9 Å². The van der Waals surface area contributed by atoms with Crippen molar-refractivity contribution in [3.8, 4) is 0 Å². The van der Waals surface area contributed by atoms with E-state index >= 15 is 0 Å². The molecule has 2 aliphatic rings. The summed E-state index contributed by atoms with van der Waals surface area (Å²) in [6.45, 7) is 5.24. The van der Waals surface area contributed by atoms with Gasteiger partial charge in [-0.3, -0.25) is 38.6 Å². The molecule has 3 unspecified atom stereocenters. The minimum Gasteiger partial charge on any atom is -0.463 e. The molecule has 0 radical (unpaired) electrons. The van der Waals surface area contributed by atoms with E-state index in [4.69, 9.17) is 18.9 Å². The molecule has 4 amide bonds. The largest absolute Gasteiger partial charge is 0.463 e. The molecule has 2 heterocycles. The molecule has 0 aromatic rings. The molecule has 0 fully saturated rings. The van der Waals surface area contributed by atoms with Crippen LogP contribution in [0.15, 0.2) is 24.3 Å². The summed E-state index contributed by atoms with van der Waals surface area (Å²) in [5.41, 5.74) is 0. The highest BCUT2D eigenvalue weighted by atomic mass is 16.6. The number of esters is 2. The average molecular weight is 494 g/mol. The second-order valence-corrected chi connectivity index (χ2v) is 8.09. The minimum absolute atomic E-state index is 0.0410. The maximum Gasteiger partial charge on any atom is 0.306 e. The first kappa shape index (κ1) is 27.9. The molecule has 12 nitrogen and oxygen atoms in total. The summed E-state index contributed by atoms with van der Waals surface area (Å²) in [6.07, 6.45) is 3.84. The van der Waals surface area contributed by atoms with E-state index in [9.17, 15) is 28.8 Å². The number of ether oxygens (including phenoxy) is 4. The van der Waals surface area contributed by atoms with Gasteiger partial charge in [-0.2, -0.15) is 0 Å². The molecule has 0 aliphatic carbocycles. The molecule has 2 aliphatic heterocycles. The predicted molar refractivity (Wildman–Crippen MR) is 118 cm³/mol. The Hall–Kier alpha value is -3.38.